The number of carbonyl (C=O) groups is 1. The van der Waals surface area contributed by atoms with Crippen molar-refractivity contribution in [3.63, 3.8) is 0 Å². The molecule has 0 spiro atoms. The average molecular weight is 275 g/mol. The molecule has 0 saturated carbocycles. The van der Waals surface area contributed by atoms with Gasteiger partial charge in [0.2, 0.25) is 5.91 Å². The minimum absolute atomic E-state index is 0.0637. The average Bonchev–Trinajstić information content (AvgIpc) is 2.57. The topological polar surface area (TPSA) is 78.5 Å². The minimum Gasteiger partial charge on any atom is -0.351 e. The van der Waals surface area contributed by atoms with Crippen LogP contribution < -0.4 is 10.6 Å². The lowest BCUT2D eigenvalue weighted by Crippen LogP contribution is -2.52. The summed E-state index contributed by atoms with van der Waals surface area (Å²) in [5, 5.41) is 6.13. The highest BCUT2D eigenvalue weighted by molar-refractivity contribution is 7.91. The van der Waals surface area contributed by atoms with Gasteiger partial charge in [0.1, 0.15) is 0 Å². The number of piperazine rings is 1. The van der Waals surface area contributed by atoms with Crippen LogP contribution in [0.5, 0.6) is 0 Å². The Labute approximate surface area is 108 Å². The van der Waals surface area contributed by atoms with Gasteiger partial charge in [-0.15, -0.1) is 0 Å². The van der Waals surface area contributed by atoms with E-state index in [-0.39, 0.29) is 23.5 Å². The molecule has 18 heavy (non-hydrogen) atoms. The van der Waals surface area contributed by atoms with Gasteiger partial charge in [0.15, 0.2) is 9.84 Å². The SMILES string of the molecule is C[C@H]1CN(CC(=O)NC2CCS(=O)(=O)C2)CCN1. The monoisotopic (exact) mass is 275 g/mol. The van der Waals surface area contributed by atoms with Gasteiger partial charge in [-0.25, -0.2) is 8.42 Å². The molecule has 0 aromatic heterocycles. The van der Waals surface area contributed by atoms with Crippen LogP contribution in [0.25, 0.3) is 0 Å². The van der Waals surface area contributed by atoms with Crippen molar-refractivity contribution in [3.05, 3.63) is 0 Å². The van der Waals surface area contributed by atoms with Gasteiger partial charge < -0.3 is 10.6 Å². The predicted octanol–water partition coefficient (Wildman–Crippen LogP) is -1.42. The number of hydrogen-bond donors (Lipinski definition) is 2. The Morgan fingerprint density at radius 3 is 2.89 bits per heavy atom. The number of amides is 1. The van der Waals surface area contributed by atoms with Crippen molar-refractivity contribution in [3.8, 4) is 0 Å². The molecule has 2 atom stereocenters. The number of hydrogen-bond acceptors (Lipinski definition) is 5. The van der Waals surface area contributed by atoms with Crippen molar-refractivity contribution in [2.75, 3.05) is 37.7 Å². The summed E-state index contributed by atoms with van der Waals surface area (Å²) in [4.78, 5) is 13.9. The van der Waals surface area contributed by atoms with Crippen LogP contribution in [0.2, 0.25) is 0 Å². The van der Waals surface area contributed by atoms with Crippen molar-refractivity contribution >= 4 is 15.7 Å². The summed E-state index contributed by atoms with van der Waals surface area (Å²) in [6.45, 7) is 5.07. The molecule has 0 radical (unpaired) electrons. The van der Waals surface area contributed by atoms with Crippen LogP contribution in [0, 0.1) is 0 Å². The van der Waals surface area contributed by atoms with Crippen LogP contribution in [0.1, 0.15) is 13.3 Å². The van der Waals surface area contributed by atoms with E-state index in [2.05, 4.69) is 22.5 Å². The quantitative estimate of drug-likeness (QED) is 0.661. The molecule has 2 N–H and O–H groups in total. The van der Waals surface area contributed by atoms with Crippen LogP contribution in [0.4, 0.5) is 0 Å². The molecule has 1 unspecified atom stereocenters. The zero-order valence-corrected chi connectivity index (χ0v) is 11.5. The smallest absolute Gasteiger partial charge is 0.234 e. The van der Waals surface area contributed by atoms with Crippen molar-refractivity contribution in [1.82, 2.24) is 15.5 Å². The molecule has 0 aliphatic carbocycles. The number of carbonyl (C=O) groups excluding carboxylic acids is 1. The molecule has 2 heterocycles. The maximum absolute atomic E-state index is 11.8. The van der Waals surface area contributed by atoms with Crippen LogP contribution in [-0.4, -0.2) is 69.0 Å². The second kappa shape index (κ2) is 5.54. The lowest BCUT2D eigenvalue weighted by Gasteiger charge is -2.31. The van der Waals surface area contributed by atoms with Gasteiger partial charge in [-0.05, 0) is 13.3 Å². The van der Waals surface area contributed by atoms with E-state index in [4.69, 9.17) is 0 Å². The van der Waals surface area contributed by atoms with Gasteiger partial charge in [-0.3, -0.25) is 9.69 Å². The summed E-state index contributed by atoms with van der Waals surface area (Å²) in [7, 11) is -2.92. The largest absolute Gasteiger partial charge is 0.351 e. The summed E-state index contributed by atoms with van der Waals surface area (Å²) >= 11 is 0. The lowest BCUT2D eigenvalue weighted by molar-refractivity contribution is -0.123. The van der Waals surface area contributed by atoms with Crippen LogP contribution in [0.15, 0.2) is 0 Å². The normalized spacial score (nSPS) is 32.3. The molecule has 2 aliphatic heterocycles. The Kier molecular flexibility index (Phi) is 4.24. The molecule has 0 aromatic rings. The number of nitrogens with one attached hydrogen (secondary N) is 2. The summed E-state index contributed by atoms with van der Waals surface area (Å²) in [5.74, 6) is 0.227. The Morgan fingerprint density at radius 1 is 1.50 bits per heavy atom. The first-order valence-electron chi connectivity index (χ1n) is 6.40. The number of sulfone groups is 1. The highest BCUT2D eigenvalue weighted by Gasteiger charge is 2.29. The van der Waals surface area contributed by atoms with E-state index in [9.17, 15) is 13.2 Å². The van der Waals surface area contributed by atoms with Crippen LogP contribution >= 0.6 is 0 Å². The molecule has 2 fully saturated rings. The van der Waals surface area contributed by atoms with E-state index in [0.717, 1.165) is 19.6 Å². The Morgan fingerprint density at radius 2 is 2.28 bits per heavy atom. The van der Waals surface area contributed by atoms with Gasteiger partial charge in [0.05, 0.1) is 18.1 Å². The van der Waals surface area contributed by atoms with E-state index >= 15 is 0 Å². The lowest BCUT2D eigenvalue weighted by atomic mass is 10.2. The van der Waals surface area contributed by atoms with Crippen molar-refractivity contribution < 1.29 is 13.2 Å². The first-order chi connectivity index (χ1) is 8.44. The zero-order chi connectivity index (χ0) is 13.2. The molecule has 1 amide bonds. The van der Waals surface area contributed by atoms with Crippen molar-refractivity contribution in [1.29, 1.82) is 0 Å². The fraction of sp³-hybridized carbons (Fsp3) is 0.909. The Bertz CT molecular complexity index is 410. The Balaban J connectivity index is 1.75. The van der Waals surface area contributed by atoms with Crippen molar-refractivity contribution in [2.24, 2.45) is 0 Å². The minimum atomic E-state index is -2.92. The molecule has 2 aliphatic rings. The molecule has 0 bridgehead atoms. The van der Waals surface area contributed by atoms with E-state index in [1.165, 1.54) is 0 Å². The predicted molar refractivity (Wildman–Crippen MR) is 69.1 cm³/mol. The summed E-state index contributed by atoms with van der Waals surface area (Å²) < 4.78 is 22.6. The third-order valence-corrected chi connectivity index (χ3v) is 5.19. The molecular formula is C11H21N3O3S. The van der Waals surface area contributed by atoms with E-state index in [1.807, 2.05) is 0 Å². The molecule has 2 saturated heterocycles. The molecular weight excluding hydrogens is 254 g/mol. The highest BCUT2D eigenvalue weighted by atomic mass is 32.2. The highest BCUT2D eigenvalue weighted by Crippen LogP contribution is 2.11. The molecule has 6 nitrogen and oxygen atoms in total. The fourth-order valence-corrected chi connectivity index (χ4v) is 4.21. The van der Waals surface area contributed by atoms with Gasteiger partial charge in [-0.1, -0.05) is 0 Å². The summed E-state index contributed by atoms with van der Waals surface area (Å²) in [6.07, 6.45) is 0.548. The standard InChI is InChI=1S/C11H21N3O3S/c1-9-6-14(4-3-12-9)7-11(15)13-10-2-5-18(16,17)8-10/h9-10,12H,2-8H2,1H3,(H,13,15)/t9-,10?/m0/s1. The summed E-state index contributed by atoms with van der Waals surface area (Å²) in [6, 6.07) is 0.209. The van der Waals surface area contributed by atoms with Gasteiger partial charge in [0.25, 0.3) is 0 Å². The number of rotatable bonds is 3. The Hall–Kier alpha value is -0.660. The molecule has 2 rings (SSSR count). The number of nitrogens with zero attached hydrogens (tertiary/aromatic N) is 1. The fourth-order valence-electron chi connectivity index (χ4n) is 2.54. The third-order valence-electron chi connectivity index (χ3n) is 3.42. The first kappa shape index (κ1) is 13.8. The summed E-state index contributed by atoms with van der Waals surface area (Å²) in [5.41, 5.74) is 0. The second-order valence-corrected chi connectivity index (χ2v) is 7.49. The van der Waals surface area contributed by atoms with Gasteiger partial charge in [-0.2, -0.15) is 0 Å². The van der Waals surface area contributed by atoms with E-state index in [1.54, 1.807) is 0 Å². The van der Waals surface area contributed by atoms with E-state index in [0.29, 0.717) is 19.0 Å². The first-order valence-corrected chi connectivity index (χ1v) is 8.22. The molecule has 104 valence electrons. The van der Waals surface area contributed by atoms with Crippen LogP contribution in [-0.2, 0) is 14.6 Å². The van der Waals surface area contributed by atoms with Gasteiger partial charge in [0, 0.05) is 31.7 Å². The maximum Gasteiger partial charge on any atom is 0.234 e. The zero-order valence-electron chi connectivity index (χ0n) is 10.7. The van der Waals surface area contributed by atoms with Crippen molar-refractivity contribution in [2.45, 2.75) is 25.4 Å². The third kappa shape index (κ3) is 3.93. The second-order valence-electron chi connectivity index (χ2n) is 5.26. The molecule has 7 heteroatoms. The van der Waals surface area contributed by atoms with Gasteiger partial charge >= 0.3 is 0 Å². The maximum atomic E-state index is 11.8. The van der Waals surface area contributed by atoms with Crippen LogP contribution in [0.3, 0.4) is 0 Å². The van der Waals surface area contributed by atoms with E-state index < -0.39 is 9.84 Å². The molecule has 0 aromatic carbocycles.